The van der Waals surface area contributed by atoms with Crippen LogP contribution >= 0.6 is 0 Å². The maximum Gasteiger partial charge on any atom is 0.245 e. The zero-order valence-corrected chi connectivity index (χ0v) is 66.0. The van der Waals surface area contributed by atoms with Gasteiger partial charge in [-0.2, -0.15) is 0 Å². The molecule has 6 aromatic rings. The first-order chi connectivity index (χ1) is 56.1. The number of likely N-dealkylation sites (tertiary alicyclic amines) is 1. The van der Waals surface area contributed by atoms with Gasteiger partial charge in [0.05, 0.1) is 38.5 Å². The van der Waals surface area contributed by atoms with Gasteiger partial charge in [0, 0.05) is 49.3 Å². The molecule has 36 nitrogen and oxygen atoms in total. The molecule has 0 spiro atoms. The number of carbonyl (C=O) groups excluding carboxylic acids is 16. The van der Waals surface area contributed by atoms with Crippen molar-refractivity contribution in [2.24, 2.45) is 40.5 Å². The van der Waals surface area contributed by atoms with E-state index in [4.69, 9.17) is 28.7 Å². The average molecular weight is 1630 g/mol. The van der Waals surface area contributed by atoms with E-state index in [0.29, 0.717) is 46.9 Å². The fourth-order valence-electron chi connectivity index (χ4n) is 13.4. The zero-order valence-electron chi connectivity index (χ0n) is 66.0. The van der Waals surface area contributed by atoms with E-state index in [2.05, 4.69) is 63.5 Å². The third-order valence-electron chi connectivity index (χ3n) is 19.4. The Hall–Kier alpha value is -13.1. The summed E-state index contributed by atoms with van der Waals surface area (Å²) in [6, 6.07) is 19.5. The molecule has 7 rings (SSSR count). The van der Waals surface area contributed by atoms with Gasteiger partial charge >= 0.3 is 0 Å². The van der Waals surface area contributed by atoms with Crippen molar-refractivity contribution in [2.75, 3.05) is 19.7 Å². The number of nitrogens with two attached hydrogens (primary N) is 5. The summed E-state index contributed by atoms with van der Waals surface area (Å²) in [5.41, 5.74) is 32.1. The summed E-state index contributed by atoms with van der Waals surface area (Å²) in [6.45, 7) is 5.49. The maximum absolute atomic E-state index is 14.9. The number of aromatic nitrogens is 1. The Bertz CT molecular complexity index is 4510. The molecule has 118 heavy (non-hydrogen) atoms. The van der Waals surface area contributed by atoms with Crippen LogP contribution in [0.2, 0.25) is 0 Å². The molecule has 1 aliphatic heterocycles. The number of aromatic hydroxyl groups is 1. The lowest BCUT2D eigenvalue weighted by atomic mass is 10.00. The summed E-state index contributed by atoms with van der Waals surface area (Å²) in [4.78, 5) is 227. The molecule has 1 aromatic heterocycles. The summed E-state index contributed by atoms with van der Waals surface area (Å²) < 4.78 is 0. The molecule has 632 valence electrons. The van der Waals surface area contributed by atoms with Crippen molar-refractivity contribution in [1.82, 2.24) is 68.4 Å². The number of nitrogens with one attached hydrogen (secondary N) is 12. The molecule has 1 aliphatic rings. The highest BCUT2D eigenvalue weighted by Crippen LogP contribution is 2.23. The third kappa shape index (κ3) is 29.3. The number of rotatable bonds is 46. The van der Waals surface area contributed by atoms with Crippen molar-refractivity contribution >= 4 is 105 Å². The minimum Gasteiger partial charge on any atom is -0.508 e. The molecular weight excluding hydrogens is 1530 g/mol. The number of phenolic OH excluding ortho intramolecular Hbond substituents is 1. The number of aryl methyl sites for hydroxylation is 1. The smallest absolute Gasteiger partial charge is 0.245 e. The van der Waals surface area contributed by atoms with Crippen LogP contribution in [0.3, 0.4) is 0 Å². The highest BCUT2D eigenvalue weighted by Gasteiger charge is 2.41. The van der Waals surface area contributed by atoms with Gasteiger partial charge in [-0.15, -0.1) is 0 Å². The second kappa shape index (κ2) is 45.2. The number of aliphatic hydroxyl groups excluding tert-OH is 1. The number of hydrogen-bond acceptors (Lipinski definition) is 19. The van der Waals surface area contributed by atoms with Gasteiger partial charge in [0.1, 0.15) is 72.2 Å². The highest BCUT2D eigenvalue weighted by atomic mass is 16.3. The molecule has 5 aromatic carbocycles. The molecule has 0 bridgehead atoms. The molecule has 0 saturated carbocycles. The lowest BCUT2D eigenvalue weighted by Gasteiger charge is -2.29. The Morgan fingerprint density at radius 2 is 0.847 bits per heavy atom. The summed E-state index contributed by atoms with van der Waals surface area (Å²) in [5, 5.41) is 48.8. The van der Waals surface area contributed by atoms with Crippen molar-refractivity contribution in [3.05, 3.63) is 174 Å². The van der Waals surface area contributed by atoms with Gasteiger partial charge in [-0.25, -0.2) is 0 Å². The molecule has 0 unspecified atom stereocenters. The lowest BCUT2D eigenvalue weighted by molar-refractivity contribution is -0.141. The topological polar surface area (TPSA) is 595 Å². The second-order valence-electron chi connectivity index (χ2n) is 29.9. The number of H-pyrrole nitrogens is 1. The Balaban J connectivity index is 1.07. The SMILES string of the molecule is CC(C)C[C@H](NC(=O)CNC(=O)[C@H](Cc1ccccc1)NC(=O)[C@H](CO)NC(=O)[C@H](CC(N)=O)NC(=O)[C@H](Cc1c[nH]c2ccccc12)NC(=O)[C@H](CC(N)=O)NC(=O)[C@H](Cc1ccc(O)cc1)NC(=O)[C@H](CC(N)=O)NC(=O)[C@@H]1CCCN1C(=O)[C@@H](N)CC(C)C)C(=O)N[C@@H](CCc1ccccc1)C(=O)N[C@@H](Cc1ccccc1)C(N)=O. The third-order valence-corrected chi connectivity index (χ3v) is 19.4. The predicted octanol–water partition coefficient (Wildman–Crippen LogP) is -2.74. The first kappa shape index (κ1) is 92.1. The van der Waals surface area contributed by atoms with Crippen molar-refractivity contribution in [1.29, 1.82) is 0 Å². The molecule has 36 heteroatoms. The summed E-state index contributed by atoms with van der Waals surface area (Å²) in [5.74, 6) is -16.7. The number of hydrogen-bond donors (Lipinski definition) is 19. The number of fused-ring (bicyclic) bond motifs is 1. The number of benzene rings is 5. The van der Waals surface area contributed by atoms with Crippen LogP contribution in [-0.4, -0.2) is 207 Å². The fourth-order valence-corrected chi connectivity index (χ4v) is 13.4. The quantitative estimate of drug-likeness (QED) is 0.0184. The molecule has 2 heterocycles. The van der Waals surface area contributed by atoms with Gasteiger partial charge in [0.2, 0.25) is 94.5 Å². The molecule has 24 N–H and O–H groups in total. The normalized spacial score (nSPS) is 15.3. The molecule has 0 aliphatic carbocycles. The van der Waals surface area contributed by atoms with Crippen molar-refractivity contribution in [3.8, 4) is 5.75 Å². The van der Waals surface area contributed by atoms with E-state index in [1.165, 1.54) is 35.4 Å². The Kier molecular flexibility index (Phi) is 35.3. The van der Waals surface area contributed by atoms with Gasteiger partial charge in [0.15, 0.2) is 0 Å². The molecular formula is C82H106N18O18. The minimum atomic E-state index is -2.02. The van der Waals surface area contributed by atoms with E-state index in [-0.39, 0.29) is 61.8 Å². The zero-order chi connectivity index (χ0) is 86.3. The Morgan fingerprint density at radius 1 is 0.441 bits per heavy atom. The fraction of sp³-hybridized carbons (Fsp3) is 0.415. The van der Waals surface area contributed by atoms with Crippen LogP contribution in [-0.2, 0) is 109 Å². The van der Waals surface area contributed by atoms with Crippen LogP contribution in [0.15, 0.2) is 146 Å². The minimum absolute atomic E-state index is 0.0335. The van der Waals surface area contributed by atoms with Gasteiger partial charge in [0.25, 0.3) is 0 Å². The number of amides is 16. The van der Waals surface area contributed by atoms with Gasteiger partial charge < -0.3 is 107 Å². The Morgan fingerprint density at radius 3 is 1.36 bits per heavy atom. The van der Waals surface area contributed by atoms with Crippen molar-refractivity contribution in [3.63, 3.8) is 0 Å². The number of aliphatic hydroxyl groups is 1. The summed E-state index contributed by atoms with van der Waals surface area (Å²) in [7, 11) is 0. The number of nitrogens with zero attached hydrogens (tertiary/aromatic N) is 1. The predicted molar refractivity (Wildman–Crippen MR) is 431 cm³/mol. The highest BCUT2D eigenvalue weighted by molar-refractivity contribution is 6.02. The van der Waals surface area contributed by atoms with Crippen LogP contribution in [0.5, 0.6) is 5.75 Å². The monoisotopic (exact) mass is 1630 g/mol. The van der Waals surface area contributed by atoms with Gasteiger partial charge in [-0.1, -0.05) is 149 Å². The van der Waals surface area contributed by atoms with Crippen molar-refractivity contribution in [2.45, 2.75) is 184 Å². The maximum atomic E-state index is 14.9. The second-order valence-corrected chi connectivity index (χ2v) is 29.9. The number of aromatic amines is 1. The van der Waals surface area contributed by atoms with E-state index < -0.39 is 212 Å². The average Bonchev–Trinajstić information content (AvgIpc) is 1.67. The standard InChI is InChI=1S/C82H106N18O18/c1-45(2)33-54(83)82(118)100-32-16-25-66(100)81(117)98-64(41-69(86)105)78(114)94-60(37-50-26-29-52(102)30-27-50)75(111)96-62(39-67(84)103)77(113)95-61(38-51-42-88-55-24-15-14-23-53(51)55)76(112)97-63(40-68(85)104)79(115)99-65(44-101)80(116)93-59(36-49-21-12-7-13-22-49)72(108)89-43-70(106)90-58(34-46(3)4)74(110)91-56(31-28-47-17-8-5-9-18-47)73(109)92-57(71(87)107)35-48-19-10-6-11-20-48/h5-15,17-24,26-27,29-30,42,45-46,54,56-66,88,101-102H,16,25,28,31-41,43-44,83H2,1-4H3,(H2,84,103)(H2,85,104)(H2,86,105)(H2,87,107)(H,89,108)(H,90,106)(H,91,110)(H,92,109)(H,93,116)(H,94,114)(H,95,113)(H,96,111)(H,97,112)(H,98,117)(H,99,115)/t54-,56-,57-,58-,59-,60-,61-,62-,63-,64-,65-,66-/m0/s1. The van der Waals surface area contributed by atoms with E-state index in [1.54, 1.807) is 111 Å². The number of carbonyl (C=O) groups is 16. The largest absolute Gasteiger partial charge is 0.508 e. The van der Waals surface area contributed by atoms with Gasteiger partial charge in [-0.3, -0.25) is 76.7 Å². The van der Waals surface area contributed by atoms with Crippen LogP contribution in [0.1, 0.15) is 107 Å². The van der Waals surface area contributed by atoms with E-state index in [0.717, 1.165) is 5.56 Å². The van der Waals surface area contributed by atoms with Crippen LogP contribution in [0.25, 0.3) is 10.9 Å². The van der Waals surface area contributed by atoms with E-state index in [1.807, 2.05) is 32.0 Å². The van der Waals surface area contributed by atoms with E-state index in [9.17, 15) is 86.9 Å². The number of para-hydroxylation sites is 1. The molecule has 1 fully saturated rings. The molecule has 16 amide bonds. The number of primary amides is 4. The number of phenols is 1. The van der Waals surface area contributed by atoms with Crippen molar-refractivity contribution < 1.29 is 86.9 Å². The first-order valence-electron chi connectivity index (χ1n) is 38.7. The van der Waals surface area contributed by atoms with E-state index >= 15 is 0 Å². The molecule has 0 radical (unpaired) electrons. The van der Waals surface area contributed by atoms with Crippen LogP contribution < -0.4 is 87.2 Å². The van der Waals surface area contributed by atoms with Crippen LogP contribution in [0.4, 0.5) is 0 Å². The summed E-state index contributed by atoms with van der Waals surface area (Å²) >= 11 is 0. The van der Waals surface area contributed by atoms with Crippen LogP contribution in [0, 0.1) is 11.8 Å². The Labute approximate surface area is 680 Å². The lowest BCUT2D eigenvalue weighted by Crippen LogP contribution is -2.62. The summed E-state index contributed by atoms with van der Waals surface area (Å²) in [6.07, 6.45) is -1.08. The molecule has 12 atom stereocenters. The first-order valence-corrected chi connectivity index (χ1v) is 38.7. The van der Waals surface area contributed by atoms with Gasteiger partial charge in [-0.05, 0) is 96.4 Å². The molecule has 1 saturated heterocycles.